The Bertz CT molecular complexity index is 741. The van der Waals surface area contributed by atoms with Crippen LogP contribution in [0.2, 0.25) is 0 Å². The molecule has 0 aromatic heterocycles. The summed E-state index contributed by atoms with van der Waals surface area (Å²) >= 11 is 0. The highest BCUT2D eigenvalue weighted by atomic mass is 19.4. The number of hydrogen-bond donors (Lipinski definition) is 2. The van der Waals surface area contributed by atoms with Gasteiger partial charge in [0, 0.05) is 27.2 Å². The molecule has 1 aromatic rings. The largest absolute Gasteiger partial charge is 0.507 e. The Kier molecular flexibility index (Phi) is 9.56. The molecule has 2 N–H and O–H groups in total. The van der Waals surface area contributed by atoms with Gasteiger partial charge >= 0.3 is 12.3 Å². The van der Waals surface area contributed by atoms with E-state index in [1.807, 2.05) is 0 Å². The van der Waals surface area contributed by atoms with Crippen LogP contribution in [0.4, 0.5) is 18.0 Å². The second-order valence-electron chi connectivity index (χ2n) is 7.60. The number of phenolic OH excluding ortho intramolecular Hbond substituents is 1. The highest BCUT2D eigenvalue weighted by Gasteiger charge is 2.39. The average molecular weight is 465 g/mol. The van der Waals surface area contributed by atoms with Gasteiger partial charge in [-0.1, -0.05) is 6.07 Å². The van der Waals surface area contributed by atoms with Gasteiger partial charge in [-0.05, 0) is 49.8 Å². The molecule has 0 aliphatic carbocycles. The van der Waals surface area contributed by atoms with Crippen molar-refractivity contribution in [1.29, 1.82) is 0 Å². The van der Waals surface area contributed by atoms with Crippen molar-refractivity contribution in [2.75, 3.05) is 34.2 Å². The van der Waals surface area contributed by atoms with Crippen LogP contribution < -0.4 is 0 Å². The summed E-state index contributed by atoms with van der Waals surface area (Å²) in [6.07, 6.45) is -3.50. The van der Waals surface area contributed by atoms with Crippen LogP contribution in [-0.2, 0) is 31.5 Å². The highest BCUT2D eigenvalue weighted by molar-refractivity contribution is 5.65. The van der Waals surface area contributed by atoms with Crippen LogP contribution in [0.3, 0.4) is 0 Å². The van der Waals surface area contributed by atoms with Crippen molar-refractivity contribution in [2.45, 2.75) is 56.7 Å². The minimum Gasteiger partial charge on any atom is -0.507 e. The van der Waals surface area contributed by atoms with Gasteiger partial charge in [-0.25, -0.2) is 4.79 Å². The molecule has 8 nitrogen and oxygen atoms in total. The number of benzene rings is 1. The molecule has 0 spiro atoms. The number of amides is 1. The Morgan fingerprint density at radius 1 is 1.28 bits per heavy atom. The molecule has 0 saturated carbocycles. The van der Waals surface area contributed by atoms with E-state index in [9.17, 15) is 28.2 Å². The van der Waals surface area contributed by atoms with Gasteiger partial charge in [-0.3, -0.25) is 4.90 Å². The minimum atomic E-state index is -4.71. The van der Waals surface area contributed by atoms with E-state index in [4.69, 9.17) is 18.9 Å². The number of aromatic hydroxyl groups is 1. The molecule has 1 aliphatic heterocycles. The number of carboxylic acid groups (broad SMARTS) is 1. The SMILES string of the molecule is COCOC(CCOC1CCCCO1)(CCc1ccc(O)c(C(F)(F)F)c1)N(C)C(=O)O. The maximum Gasteiger partial charge on any atom is 0.419 e. The van der Waals surface area contributed by atoms with E-state index in [1.165, 1.54) is 20.2 Å². The molecule has 0 radical (unpaired) electrons. The lowest BCUT2D eigenvalue weighted by atomic mass is 9.97. The Morgan fingerprint density at radius 2 is 2.03 bits per heavy atom. The molecule has 1 amide bonds. The number of methoxy groups -OCH3 is 1. The summed E-state index contributed by atoms with van der Waals surface area (Å²) in [6, 6.07) is 3.18. The number of phenols is 1. The van der Waals surface area contributed by atoms with Crippen LogP contribution in [-0.4, -0.2) is 67.4 Å². The summed E-state index contributed by atoms with van der Waals surface area (Å²) < 4.78 is 61.4. The molecule has 1 saturated heterocycles. The van der Waals surface area contributed by atoms with Gasteiger partial charge in [0.05, 0.1) is 12.2 Å². The summed E-state index contributed by atoms with van der Waals surface area (Å²) in [6.45, 7) is 0.490. The molecule has 2 unspecified atom stereocenters. The third-order valence-corrected chi connectivity index (χ3v) is 5.45. The van der Waals surface area contributed by atoms with Gasteiger partial charge in [0.1, 0.15) is 12.5 Å². The monoisotopic (exact) mass is 465 g/mol. The molecular weight excluding hydrogens is 435 g/mol. The molecule has 0 bridgehead atoms. The summed E-state index contributed by atoms with van der Waals surface area (Å²) in [4.78, 5) is 12.7. The molecular formula is C21H30F3NO7. The molecule has 32 heavy (non-hydrogen) atoms. The number of rotatable bonds is 11. The quantitative estimate of drug-likeness (QED) is 0.473. The molecule has 1 aliphatic rings. The first-order valence-electron chi connectivity index (χ1n) is 10.3. The average Bonchev–Trinajstić information content (AvgIpc) is 2.75. The van der Waals surface area contributed by atoms with Crippen molar-refractivity contribution < 1.29 is 47.1 Å². The van der Waals surface area contributed by atoms with E-state index < -0.39 is 29.3 Å². The van der Waals surface area contributed by atoms with Crippen molar-refractivity contribution >= 4 is 6.09 Å². The first-order chi connectivity index (χ1) is 15.1. The van der Waals surface area contributed by atoms with Crippen molar-refractivity contribution in [1.82, 2.24) is 4.90 Å². The lowest BCUT2D eigenvalue weighted by molar-refractivity contribution is -0.214. The fourth-order valence-electron chi connectivity index (χ4n) is 3.54. The maximum atomic E-state index is 13.1. The topological polar surface area (TPSA) is 97.7 Å². The van der Waals surface area contributed by atoms with Crippen LogP contribution in [0.25, 0.3) is 0 Å². The Morgan fingerprint density at radius 3 is 2.62 bits per heavy atom. The molecule has 1 aromatic carbocycles. The Hall–Kier alpha value is -2.08. The first-order valence-corrected chi connectivity index (χ1v) is 10.3. The fraction of sp³-hybridized carbons (Fsp3) is 0.667. The first kappa shape index (κ1) is 26.2. The lowest BCUT2D eigenvalue weighted by Crippen LogP contribution is -2.52. The fourth-order valence-corrected chi connectivity index (χ4v) is 3.54. The van der Waals surface area contributed by atoms with E-state index in [2.05, 4.69) is 0 Å². The Labute approximate surface area is 184 Å². The molecule has 1 fully saturated rings. The van der Waals surface area contributed by atoms with Gasteiger partial charge in [0.15, 0.2) is 12.0 Å². The number of carbonyl (C=O) groups is 1. The van der Waals surface area contributed by atoms with E-state index in [1.54, 1.807) is 0 Å². The van der Waals surface area contributed by atoms with Crippen molar-refractivity contribution in [2.24, 2.45) is 0 Å². The number of nitrogens with zero attached hydrogens (tertiary/aromatic N) is 1. The predicted octanol–water partition coefficient (Wildman–Crippen LogP) is 4.20. The highest BCUT2D eigenvalue weighted by Crippen LogP contribution is 2.37. The number of aryl methyl sites for hydroxylation is 1. The zero-order valence-corrected chi connectivity index (χ0v) is 18.2. The number of halogens is 3. The van der Waals surface area contributed by atoms with Crippen molar-refractivity contribution in [3.05, 3.63) is 29.3 Å². The van der Waals surface area contributed by atoms with Gasteiger partial charge in [0.2, 0.25) is 0 Å². The van der Waals surface area contributed by atoms with E-state index >= 15 is 0 Å². The van der Waals surface area contributed by atoms with Crippen molar-refractivity contribution in [3.8, 4) is 5.75 Å². The van der Waals surface area contributed by atoms with Gasteiger partial charge in [-0.2, -0.15) is 13.2 Å². The lowest BCUT2D eigenvalue weighted by Gasteiger charge is -2.40. The predicted molar refractivity (Wildman–Crippen MR) is 107 cm³/mol. The summed E-state index contributed by atoms with van der Waals surface area (Å²) in [5.74, 6) is -0.869. The third kappa shape index (κ3) is 7.22. The Balaban J connectivity index is 2.19. The number of alkyl halides is 3. The minimum absolute atomic E-state index is 0.0378. The standard InChI is InChI=1S/C21H30F3NO7/c1-25(19(27)28)20(32-14-29-2,10-12-31-18-5-3-4-11-30-18)9-8-15-6-7-17(26)16(13-15)21(22,23)24/h6-7,13,18,26H,3-5,8-12,14H2,1-2H3,(H,27,28). The second kappa shape index (κ2) is 11.7. The number of hydrogen-bond acceptors (Lipinski definition) is 6. The normalized spacial score (nSPS) is 18.8. The molecule has 11 heteroatoms. The molecule has 2 atom stereocenters. The van der Waals surface area contributed by atoms with Crippen LogP contribution in [0.5, 0.6) is 5.75 Å². The van der Waals surface area contributed by atoms with Crippen LogP contribution in [0.1, 0.15) is 43.2 Å². The smallest absolute Gasteiger partial charge is 0.419 e. The molecule has 182 valence electrons. The maximum absolute atomic E-state index is 13.1. The summed E-state index contributed by atoms with van der Waals surface area (Å²) in [7, 11) is 2.71. The zero-order valence-electron chi connectivity index (χ0n) is 18.2. The van der Waals surface area contributed by atoms with Crippen molar-refractivity contribution in [3.63, 3.8) is 0 Å². The van der Waals surface area contributed by atoms with E-state index in [0.29, 0.717) is 6.61 Å². The van der Waals surface area contributed by atoms with E-state index in [0.717, 1.165) is 36.3 Å². The summed E-state index contributed by atoms with van der Waals surface area (Å²) in [5, 5.41) is 19.1. The van der Waals surface area contributed by atoms with E-state index in [-0.39, 0.29) is 44.5 Å². The van der Waals surface area contributed by atoms with Gasteiger partial charge in [0.25, 0.3) is 0 Å². The van der Waals surface area contributed by atoms with Crippen LogP contribution in [0.15, 0.2) is 18.2 Å². The van der Waals surface area contributed by atoms with Gasteiger partial charge in [-0.15, -0.1) is 0 Å². The number of ether oxygens (including phenoxy) is 4. The third-order valence-electron chi connectivity index (χ3n) is 5.45. The van der Waals surface area contributed by atoms with Crippen LogP contribution >= 0.6 is 0 Å². The molecule has 1 heterocycles. The van der Waals surface area contributed by atoms with Gasteiger partial charge < -0.3 is 29.2 Å². The van der Waals surface area contributed by atoms with Crippen LogP contribution in [0, 0.1) is 0 Å². The summed E-state index contributed by atoms with van der Waals surface area (Å²) in [5.41, 5.74) is -2.29. The zero-order chi connectivity index (χ0) is 23.8. The molecule has 2 rings (SSSR count). The second-order valence-corrected chi connectivity index (χ2v) is 7.60.